The first-order chi connectivity index (χ1) is 23.1. The quantitative estimate of drug-likeness (QED) is 0.358. The molecule has 0 bridgehead atoms. The Morgan fingerprint density at radius 3 is 2.75 bits per heavy atom. The molecular formula is C33H39N7O7S. The van der Waals surface area contributed by atoms with E-state index in [2.05, 4.69) is 15.1 Å². The average molecular weight is 678 g/mol. The Bertz CT molecular complexity index is 1880. The molecule has 15 heteroatoms. The third-order valence-electron chi connectivity index (χ3n) is 9.59. The third-order valence-corrected chi connectivity index (χ3v) is 11.4. The van der Waals surface area contributed by atoms with E-state index in [1.54, 1.807) is 48.3 Å². The van der Waals surface area contributed by atoms with Crippen LogP contribution in [0.1, 0.15) is 44.9 Å². The Kier molecular flexibility index (Phi) is 8.26. The number of nitrogens with one attached hydrogen (secondary N) is 2. The molecule has 0 radical (unpaired) electrons. The van der Waals surface area contributed by atoms with Gasteiger partial charge in [-0.05, 0) is 74.2 Å². The first kappa shape index (κ1) is 31.9. The van der Waals surface area contributed by atoms with Crippen molar-refractivity contribution in [3.05, 3.63) is 54.9 Å². The van der Waals surface area contributed by atoms with Crippen molar-refractivity contribution in [1.82, 2.24) is 34.6 Å². The lowest BCUT2D eigenvalue weighted by molar-refractivity contribution is -0.131. The van der Waals surface area contributed by atoms with Crippen molar-refractivity contribution in [1.29, 1.82) is 0 Å². The fourth-order valence-electron chi connectivity index (χ4n) is 6.58. The number of urea groups is 1. The van der Waals surface area contributed by atoms with E-state index < -0.39 is 44.8 Å². The lowest BCUT2D eigenvalue weighted by atomic mass is 10.1. The van der Waals surface area contributed by atoms with Crippen LogP contribution >= 0.6 is 0 Å². The Morgan fingerprint density at radius 1 is 1.17 bits per heavy atom. The maximum absolute atomic E-state index is 14.1. The zero-order valence-electron chi connectivity index (χ0n) is 26.9. The van der Waals surface area contributed by atoms with Gasteiger partial charge in [-0.2, -0.15) is 10.1 Å². The van der Waals surface area contributed by atoms with Crippen LogP contribution in [0, 0.1) is 5.92 Å². The molecule has 1 aromatic carbocycles. The number of benzene rings is 1. The predicted molar refractivity (Wildman–Crippen MR) is 175 cm³/mol. The van der Waals surface area contributed by atoms with Crippen molar-refractivity contribution >= 4 is 38.6 Å². The molecule has 0 spiro atoms. The average Bonchev–Trinajstić information content (AvgIpc) is 3.93. The molecule has 254 valence electrons. The van der Waals surface area contributed by atoms with E-state index in [0.717, 1.165) is 24.6 Å². The highest BCUT2D eigenvalue weighted by Crippen LogP contribution is 2.46. The first-order valence-electron chi connectivity index (χ1n) is 16.3. The summed E-state index contributed by atoms with van der Waals surface area (Å²) in [5.74, 6) is -0.162. The molecule has 3 aromatic rings. The van der Waals surface area contributed by atoms with Crippen LogP contribution in [0.25, 0.3) is 16.6 Å². The molecule has 0 unspecified atom stereocenters. The minimum atomic E-state index is -3.83. The van der Waals surface area contributed by atoms with Gasteiger partial charge in [-0.1, -0.05) is 12.2 Å². The molecule has 2 N–H and O–H groups in total. The summed E-state index contributed by atoms with van der Waals surface area (Å²) in [5.41, 5.74) is -1.42. The smallest absolute Gasteiger partial charge is 0.320 e. The summed E-state index contributed by atoms with van der Waals surface area (Å²) in [7, 11) is -0.538. The number of rotatable bonds is 7. The number of amides is 4. The highest BCUT2D eigenvalue weighted by atomic mass is 32.2. The number of carbonyl (C=O) groups is 3. The molecule has 4 atom stereocenters. The van der Waals surface area contributed by atoms with Gasteiger partial charge >= 0.3 is 6.03 Å². The van der Waals surface area contributed by atoms with Crippen molar-refractivity contribution < 1.29 is 32.3 Å². The van der Waals surface area contributed by atoms with Crippen LogP contribution in [-0.2, 0) is 19.6 Å². The van der Waals surface area contributed by atoms with Crippen LogP contribution < -0.4 is 19.5 Å². The number of aromatic nitrogens is 3. The minimum absolute atomic E-state index is 0.102. The molecule has 4 amide bonds. The number of carbonyl (C=O) groups excluding carboxylic acids is 3. The Hall–Kier alpha value is -4.66. The van der Waals surface area contributed by atoms with E-state index in [9.17, 15) is 22.8 Å². The van der Waals surface area contributed by atoms with Gasteiger partial charge in [-0.3, -0.25) is 14.3 Å². The van der Waals surface area contributed by atoms with E-state index in [1.807, 2.05) is 30.4 Å². The number of allylic oxidation sites excluding steroid dienone is 1. The SMILES string of the molecule is COc1ccc2c(O[C@@H]3C[C@H]4C(=O)N[C@]5(C(=O)NS(=O)(=O)C6CC6)C[C@H]5C=CCCCCN(C)C(=O)N4C3)nc(-n3cccn3)cc2c1. The first-order valence-corrected chi connectivity index (χ1v) is 17.8. The molecule has 7 rings (SSSR count). The number of ether oxygens (including phenoxy) is 2. The molecule has 2 aromatic heterocycles. The second kappa shape index (κ2) is 12.4. The summed E-state index contributed by atoms with van der Waals surface area (Å²) in [4.78, 5) is 49.3. The lowest BCUT2D eigenvalue weighted by Crippen LogP contribution is -2.57. The van der Waals surface area contributed by atoms with Crippen LogP contribution in [-0.4, -0.2) is 101 Å². The highest BCUT2D eigenvalue weighted by Gasteiger charge is 2.62. The molecule has 3 fully saturated rings. The van der Waals surface area contributed by atoms with Crippen molar-refractivity contribution in [3.8, 4) is 17.4 Å². The summed E-state index contributed by atoms with van der Waals surface area (Å²) >= 11 is 0. The van der Waals surface area contributed by atoms with E-state index in [0.29, 0.717) is 42.2 Å². The van der Waals surface area contributed by atoms with Crippen molar-refractivity contribution in [2.24, 2.45) is 5.92 Å². The normalized spacial score (nSPS) is 26.3. The highest BCUT2D eigenvalue weighted by molar-refractivity contribution is 7.91. The lowest BCUT2D eigenvalue weighted by Gasteiger charge is -2.30. The summed E-state index contributed by atoms with van der Waals surface area (Å²) < 4.78 is 41.2. The molecule has 2 aliphatic heterocycles. The monoisotopic (exact) mass is 677 g/mol. The van der Waals surface area contributed by atoms with Crippen molar-refractivity contribution in [2.75, 3.05) is 27.2 Å². The molecule has 2 aliphatic carbocycles. The Labute approximate surface area is 278 Å². The molecule has 2 saturated carbocycles. The van der Waals surface area contributed by atoms with Gasteiger partial charge in [-0.15, -0.1) is 0 Å². The molecule has 4 heterocycles. The maximum atomic E-state index is 14.1. The van der Waals surface area contributed by atoms with Crippen LogP contribution in [0.5, 0.6) is 11.6 Å². The summed E-state index contributed by atoms with van der Waals surface area (Å²) in [5, 5.41) is 8.13. The Balaban J connectivity index is 1.19. The van der Waals surface area contributed by atoms with Gasteiger partial charge in [-0.25, -0.2) is 17.9 Å². The molecule has 1 saturated heterocycles. The minimum Gasteiger partial charge on any atom is -0.497 e. The fraction of sp³-hybridized carbons (Fsp3) is 0.485. The summed E-state index contributed by atoms with van der Waals surface area (Å²) in [6, 6.07) is 7.88. The van der Waals surface area contributed by atoms with Gasteiger partial charge in [0.1, 0.15) is 23.4 Å². The van der Waals surface area contributed by atoms with Crippen molar-refractivity contribution in [2.45, 2.75) is 67.9 Å². The molecular weight excluding hydrogens is 638 g/mol. The second-order valence-corrected chi connectivity index (χ2v) is 15.0. The van der Waals surface area contributed by atoms with Gasteiger partial charge in [0.2, 0.25) is 21.8 Å². The summed E-state index contributed by atoms with van der Waals surface area (Å²) in [6.45, 7) is 0.614. The fourth-order valence-corrected chi connectivity index (χ4v) is 7.95. The van der Waals surface area contributed by atoms with E-state index in [4.69, 9.17) is 14.5 Å². The van der Waals surface area contributed by atoms with Crippen LogP contribution in [0.2, 0.25) is 0 Å². The number of hydrogen-bond acceptors (Lipinski definition) is 9. The number of sulfonamides is 1. The van der Waals surface area contributed by atoms with Crippen LogP contribution in [0.15, 0.2) is 54.9 Å². The van der Waals surface area contributed by atoms with Crippen LogP contribution in [0.4, 0.5) is 4.79 Å². The number of hydrogen-bond donors (Lipinski definition) is 2. The number of pyridine rings is 1. The van der Waals surface area contributed by atoms with Gasteiger partial charge < -0.3 is 24.6 Å². The van der Waals surface area contributed by atoms with Gasteiger partial charge in [0.15, 0.2) is 5.82 Å². The molecule has 48 heavy (non-hydrogen) atoms. The number of methoxy groups -OCH3 is 1. The maximum Gasteiger partial charge on any atom is 0.320 e. The molecule has 4 aliphatic rings. The van der Waals surface area contributed by atoms with Gasteiger partial charge in [0, 0.05) is 43.7 Å². The van der Waals surface area contributed by atoms with Gasteiger partial charge in [0.25, 0.3) is 5.91 Å². The second-order valence-electron chi connectivity index (χ2n) is 13.0. The largest absolute Gasteiger partial charge is 0.497 e. The zero-order chi connectivity index (χ0) is 33.6. The predicted octanol–water partition coefficient (Wildman–Crippen LogP) is 2.53. The van der Waals surface area contributed by atoms with E-state index in [-0.39, 0.29) is 31.3 Å². The zero-order valence-corrected chi connectivity index (χ0v) is 27.7. The number of fused-ring (bicyclic) bond motifs is 3. The summed E-state index contributed by atoms with van der Waals surface area (Å²) in [6.07, 6.45) is 10.4. The molecule has 14 nitrogen and oxygen atoms in total. The Morgan fingerprint density at radius 2 is 2.00 bits per heavy atom. The van der Waals surface area contributed by atoms with Gasteiger partial charge in [0.05, 0.1) is 18.9 Å². The van der Waals surface area contributed by atoms with Crippen LogP contribution in [0.3, 0.4) is 0 Å². The standard InChI is InChI=1S/C33H39N7O7S/c1-38-14-6-4-3-5-8-22-19-33(22,31(42)37-48(44,45)25-10-11-25)36-29(41)27-18-24(20-39(27)32(38)43)47-30-26-12-9-23(46-2)16-21(26)17-28(35-30)40-15-7-13-34-40/h5,7-9,12-13,15-17,22,24-25,27H,3-4,6,10-11,14,18-20H2,1-2H3,(H,36,41)(H,37,42)/t22-,24-,27+,33-/m1/s1. The van der Waals surface area contributed by atoms with E-state index in [1.165, 1.54) is 4.90 Å². The van der Waals surface area contributed by atoms with E-state index >= 15 is 0 Å². The third kappa shape index (κ3) is 6.18. The topological polar surface area (TPSA) is 165 Å². The number of nitrogens with zero attached hydrogens (tertiary/aromatic N) is 5. The van der Waals surface area contributed by atoms with Crippen molar-refractivity contribution in [3.63, 3.8) is 0 Å².